The highest BCUT2D eigenvalue weighted by Crippen LogP contribution is 2.41. The molecule has 4 rings (SSSR count). The third-order valence-electron chi connectivity index (χ3n) is 5.75. The fourth-order valence-corrected chi connectivity index (χ4v) is 4.52. The molecule has 1 fully saturated rings. The Morgan fingerprint density at radius 3 is 2.16 bits per heavy atom. The van der Waals surface area contributed by atoms with Crippen LogP contribution in [-0.4, -0.2) is 25.5 Å². The van der Waals surface area contributed by atoms with Crippen LogP contribution in [0.1, 0.15) is 80.7 Å². The molecule has 0 aromatic heterocycles. The zero-order valence-electron chi connectivity index (χ0n) is 24.7. The predicted octanol–water partition coefficient (Wildman–Crippen LogP) is 9.20. The zero-order chi connectivity index (χ0) is 28.5. The molecule has 0 aliphatic carbocycles. The van der Waals surface area contributed by atoms with Crippen molar-refractivity contribution in [3.8, 4) is 11.1 Å². The lowest BCUT2D eigenvalue weighted by Crippen LogP contribution is -2.38. The maximum Gasteiger partial charge on any atom is 0.256 e. The molecule has 4 nitrogen and oxygen atoms in total. The van der Waals surface area contributed by atoms with Crippen LogP contribution in [0, 0.1) is 5.92 Å². The number of nitrogens with one attached hydrogen (secondary N) is 1. The van der Waals surface area contributed by atoms with Crippen LogP contribution in [0.5, 0.6) is 0 Å². The van der Waals surface area contributed by atoms with E-state index in [2.05, 4.69) is 41.1 Å². The molecule has 2 aliphatic heterocycles. The van der Waals surface area contributed by atoms with E-state index in [4.69, 9.17) is 17.3 Å². The summed E-state index contributed by atoms with van der Waals surface area (Å²) >= 11 is 6.55. The van der Waals surface area contributed by atoms with Gasteiger partial charge < -0.3 is 16.0 Å². The topological polar surface area (TPSA) is 58.4 Å². The lowest BCUT2D eigenvalue weighted by atomic mass is 9.96. The molecular formula is C32H50ClN3O. The van der Waals surface area contributed by atoms with E-state index in [1.54, 1.807) is 6.08 Å². The Morgan fingerprint density at radius 1 is 1.08 bits per heavy atom. The fourth-order valence-electron chi connectivity index (χ4n) is 4.25. The van der Waals surface area contributed by atoms with Gasteiger partial charge in [0.25, 0.3) is 5.91 Å². The van der Waals surface area contributed by atoms with Gasteiger partial charge in [0.2, 0.25) is 0 Å². The summed E-state index contributed by atoms with van der Waals surface area (Å²) in [7, 11) is 0. The second-order valence-corrected chi connectivity index (χ2v) is 8.76. The monoisotopic (exact) mass is 527 g/mol. The normalized spacial score (nSPS) is 15.1. The molecule has 1 amide bonds. The second-order valence-electron chi connectivity index (χ2n) is 8.35. The molecule has 1 unspecified atom stereocenters. The lowest BCUT2D eigenvalue weighted by molar-refractivity contribution is -0.110. The first kappa shape index (κ1) is 34.4. The molecule has 206 valence electrons. The SMILES string of the molecule is C=CC.CC.CC.CC.CC(C)=C1C(=O)Nc2cc(Cl)c(-c3ccc(N4CCCC(CN)C4)cc3)cc21. The van der Waals surface area contributed by atoms with E-state index in [9.17, 15) is 4.79 Å². The molecule has 2 aromatic carbocycles. The quantitative estimate of drug-likeness (QED) is 0.309. The van der Waals surface area contributed by atoms with Crippen LogP contribution in [0.2, 0.25) is 5.02 Å². The van der Waals surface area contributed by atoms with Crippen molar-refractivity contribution < 1.29 is 4.79 Å². The molecule has 0 saturated carbocycles. The van der Waals surface area contributed by atoms with E-state index in [0.29, 0.717) is 10.9 Å². The van der Waals surface area contributed by atoms with Crippen molar-refractivity contribution in [1.29, 1.82) is 0 Å². The highest BCUT2D eigenvalue weighted by Gasteiger charge is 2.27. The van der Waals surface area contributed by atoms with Crippen molar-refractivity contribution in [1.82, 2.24) is 0 Å². The Hall–Kier alpha value is -2.56. The number of benzene rings is 2. The van der Waals surface area contributed by atoms with Gasteiger partial charge in [0.15, 0.2) is 0 Å². The number of nitrogens with two attached hydrogens (primary N) is 1. The Kier molecular flexibility index (Phi) is 17.4. The third kappa shape index (κ3) is 9.36. The number of hydrogen-bond acceptors (Lipinski definition) is 3. The smallest absolute Gasteiger partial charge is 0.256 e. The molecule has 2 aromatic rings. The van der Waals surface area contributed by atoms with Gasteiger partial charge in [-0.3, -0.25) is 4.79 Å². The van der Waals surface area contributed by atoms with Crippen molar-refractivity contribution in [2.75, 3.05) is 29.9 Å². The van der Waals surface area contributed by atoms with Crippen molar-refractivity contribution in [3.05, 3.63) is 65.2 Å². The Balaban J connectivity index is 0.00000129. The number of amides is 1. The average molecular weight is 528 g/mol. The Morgan fingerprint density at radius 2 is 1.65 bits per heavy atom. The van der Waals surface area contributed by atoms with Crippen LogP contribution < -0.4 is 16.0 Å². The summed E-state index contributed by atoms with van der Waals surface area (Å²) in [6.45, 7) is 24.0. The molecule has 2 heterocycles. The fraction of sp³-hybridized carbons (Fsp3) is 0.469. The number of anilines is 2. The van der Waals surface area contributed by atoms with Gasteiger partial charge in [-0.1, -0.05) is 76.9 Å². The Bertz CT molecular complexity index is 992. The van der Waals surface area contributed by atoms with E-state index in [-0.39, 0.29) is 5.91 Å². The van der Waals surface area contributed by atoms with Crippen molar-refractivity contribution in [3.63, 3.8) is 0 Å². The van der Waals surface area contributed by atoms with Crippen molar-refractivity contribution in [2.24, 2.45) is 11.7 Å². The van der Waals surface area contributed by atoms with Gasteiger partial charge in [-0.25, -0.2) is 0 Å². The number of hydrogen-bond donors (Lipinski definition) is 2. The highest BCUT2D eigenvalue weighted by molar-refractivity contribution is 6.36. The largest absolute Gasteiger partial charge is 0.371 e. The number of rotatable bonds is 3. The van der Waals surface area contributed by atoms with Crippen molar-refractivity contribution in [2.45, 2.75) is 75.2 Å². The number of fused-ring (bicyclic) bond motifs is 1. The molecule has 1 saturated heterocycles. The van der Waals surface area contributed by atoms with Crippen molar-refractivity contribution >= 4 is 34.5 Å². The van der Waals surface area contributed by atoms with E-state index < -0.39 is 0 Å². The molecule has 0 radical (unpaired) electrons. The summed E-state index contributed by atoms with van der Waals surface area (Å²) in [6.07, 6.45) is 4.15. The van der Waals surface area contributed by atoms with E-state index in [1.807, 2.05) is 74.4 Å². The van der Waals surface area contributed by atoms with Crippen LogP contribution in [-0.2, 0) is 4.79 Å². The Labute approximate surface area is 232 Å². The van der Waals surface area contributed by atoms with E-state index >= 15 is 0 Å². The van der Waals surface area contributed by atoms with E-state index in [1.165, 1.54) is 18.5 Å². The summed E-state index contributed by atoms with van der Waals surface area (Å²) < 4.78 is 0. The third-order valence-corrected chi connectivity index (χ3v) is 6.06. The number of carbonyl (C=O) groups excluding carboxylic acids is 1. The maximum absolute atomic E-state index is 12.3. The second kappa shape index (κ2) is 18.6. The van der Waals surface area contributed by atoms with Gasteiger partial charge >= 0.3 is 0 Å². The first-order chi connectivity index (χ1) is 17.9. The molecule has 37 heavy (non-hydrogen) atoms. The minimum atomic E-state index is -0.0573. The van der Waals surface area contributed by atoms with Crippen LogP contribution in [0.4, 0.5) is 11.4 Å². The van der Waals surface area contributed by atoms with Crippen LogP contribution in [0.3, 0.4) is 0 Å². The summed E-state index contributed by atoms with van der Waals surface area (Å²) in [4.78, 5) is 14.7. The minimum Gasteiger partial charge on any atom is -0.371 e. The summed E-state index contributed by atoms with van der Waals surface area (Å²) in [5.41, 5.74) is 12.5. The summed E-state index contributed by atoms with van der Waals surface area (Å²) in [6, 6.07) is 12.4. The molecule has 1 atom stereocenters. The molecule has 0 spiro atoms. The van der Waals surface area contributed by atoms with Gasteiger partial charge in [0.05, 0.1) is 10.7 Å². The van der Waals surface area contributed by atoms with Crippen LogP contribution >= 0.6 is 11.6 Å². The van der Waals surface area contributed by atoms with E-state index in [0.717, 1.165) is 53.2 Å². The van der Waals surface area contributed by atoms with Gasteiger partial charge in [-0.15, -0.1) is 6.58 Å². The number of nitrogens with zero attached hydrogens (tertiary/aromatic N) is 1. The first-order valence-corrected chi connectivity index (χ1v) is 14.2. The highest BCUT2D eigenvalue weighted by atomic mass is 35.5. The molecule has 5 heteroatoms. The average Bonchev–Trinajstić information content (AvgIpc) is 3.26. The van der Waals surface area contributed by atoms with Gasteiger partial charge in [-0.05, 0) is 75.9 Å². The van der Waals surface area contributed by atoms with Crippen LogP contribution in [0.15, 0.2) is 54.6 Å². The van der Waals surface area contributed by atoms with Crippen LogP contribution in [0.25, 0.3) is 16.7 Å². The molecule has 0 bridgehead atoms. The summed E-state index contributed by atoms with van der Waals surface area (Å²) in [5.74, 6) is 0.519. The number of carbonyl (C=O) groups is 1. The lowest BCUT2D eigenvalue weighted by Gasteiger charge is -2.34. The molecular weight excluding hydrogens is 478 g/mol. The first-order valence-electron chi connectivity index (χ1n) is 13.8. The minimum absolute atomic E-state index is 0.0573. The standard InChI is InChI=1S/C23H26ClN3O.C3H6.3C2H6/c1-14(2)22-19-10-18(20(24)11-21(19)26-23(22)28)16-5-7-17(8-6-16)27-9-3-4-15(12-25)13-27;1-3-2;3*1-2/h5-8,10-11,15H,3-4,9,12-13,25H2,1-2H3,(H,26,28);3H,1H2,2H3;3*1-2H3. The number of allylic oxidation sites excluding steroid dienone is 2. The van der Waals surface area contributed by atoms with Gasteiger partial charge in [0.1, 0.15) is 0 Å². The summed E-state index contributed by atoms with van der Waals surface area (Å²) in [5, 5.41) is 3.55. The zero-order valence-corrected chi connectivity index (χ0v) is 25.4. The predicted molar refractivity (Wildman–Crippen MR) is 168 cm³/mol. The maximum atomic E-state index is 12.3. The van der Waals surface area contributed by atoms with Gasteiger partial charge in [-0.2, -0.15) is 0 Å². The number of piperidine rings is 1. The molecule has 3 N–H and O–H groups in total. The molecule has 2 aliphatic rings. The van der Waals surface area contributed by atoms with Gasteiger partial charge in [0, 0.05) is 35.5 Å². The number of halogens is 1.